The molecule has 0 unspecified atom stereocenters. The van der Waals surface area contributed by atoms with Gasteiger partial charge in [0.15, 0.2) is 0 Å². The fraction of sp³-hybridized carbons (Fsp3) is 1.00. The zero-order valence-corrected chi connectivity index (χ0v) is 15.9. The van der Waals surface area contributed by atoms with E-state index in [1.54, 1.807) is 24.6 Å². The standard InChI is InChI=1S/C16H36P.BrH/c1-5-9-13-17(14-10-6-2,15-11-7-3)16-12-8-4;/h5-16H2,1-4H3;1H/q+1;. The van der Waals surface area contributed by atoms with E-state index in [1.165, 1.54) is 51.4 Å². The van der Waals surface area contributed by atoms with Gasteiger partial charge in [0.25, 0.3) is 0 Å². The van der Waals surface area contributed by atoms with Crippen LogP contribution in [-0.4, -0.2) is 24.6 Å². The number of halogens is 1. The van der Waals surface area contributed by atoms with Gasteiger partial charge in [-0.05, 0) is 25.7 Å². The third-order valence-electron chi connectivity index (χ3n) is 3.94. The van der Waals surface area contributed by atoms with Crippen LogP contribution >= 0.6 is 24.2 Å². The minimum atomic E-state index is -0.562. The van der Waals surface area contributed by atoms with E-state index in [4.69, 9.17) is 0 Å². The second kappa shape index (κ2) is 14.3. The van der Waals surface area contributed by atoms with Crippen LogP contribution in [0.4, 0.5) is 0 Å². The van der Waals surface area contributed by atoms with Crippen LogP contribution in [0.25, 0.3) is 0 Å². The van der Waals surface area contributed by atoms with Crippen LogP contribution in [0.2, 0.25) is 0 Å². The summed E-state index contributed by atoms with van der Waals surface area (Å²) in [5, 5.41) is 0. The van der Waals surface area contributed by atoms with Gasteiger partial charge in [-0.2, -0.15) is 0 Å². The van der Waals surface area contributed by atoms with E-state index in [0.29, 0.717) is 0 Å². The van der Waals surface area contributed by atoms with Crippen molar-refractivity contribution in [3.8, 4) is 0 Å². The Morgan fingerprint density at radius 3 is 0.889 bits per heavy atom. The van der Waals surface area contributed by atoms with Gasteiger partial charge in [-0.1, -0.05) is 53.4 Å². The fourth-order valence-corrected chi connectivity index (χ4v) is 7.93. The molecule has 0 saturated heterocycles. The highest BCUT2D eigenvalue weighted by atomic mass is 79.9. The van der Waals surface area contributed by atoms with Crippen molar-refractivity contribution < 1.29 is 0 Å². The number of rotatable bonds is 12. The Labute approximate surface area is 128 Å². The molecule has 0 aromatic rings. The maximum atomic E-state index is 2.36. The van der Waals surface area contributed by atoms with Gasteiger partial charge in [-0.25, -0.2) is 0 Å². The van der Waals surface area contributed by atoms with E-state index in [-0.39, 0.29) is 17.0 Å². The first-order chi connectivity index (χ1) is 8.24. The van der Waals surface area contributed by atoms with Gasteiger partial charge in [0.05, 0.1) is 24.6 Å². The first-order valence-corrected chi connectivity index (χ1v) is 10.6. The predicted octanol–water partition coefficient (Wildman–Crippen LogP) is 6.78. The molecule has 0 radical (unpaired) electrons. The normalized spacial score (nSPS) is 11.3. The Kier molecular flexibility index (Phi) is 16.9. The third kappa shape index (κ3) is 9.79. The number of hydrogen-bond acceptors (Lipinski definition) is 0. The van der Waals surface area contributed by atoms with Crippen LogP contribution in [-0.2, 0) is 0 Å². The van der Waals surface area contributed by atoms with E-state index >= 15 is 0 Å². The van der Waals surface area contributed by atoms with Crippen molar-refractivity contribution in [3.05, 3.63) is 0 Å². The van der Waals surface area contributed by atoms with E-state index in [9.17, 15) is 0 Å². The fourth-order valence-electron chi connectivity index (χ4n) is 2.64. The van der Waals surface area contributed by atoms with Gasteiger partial charge in [0, 0.05) is 7.26 Å². The molecule has 2 heteroatoms. The first kappa shape index (κ1) is 21.2. The molecule has 0 fully saturated rings. The largest absolute Gasteiger partial charge is 0.114 e. The van der Waals surface area contributed by atoms with Gasteiger partial charge < -0.3 is 0 Å². The van der Waals surface area contributed by atoms with Crippen LogP contribution in [0.15, 0.2) is 0 Å². The molecule has 0 aliphatic carbocycles. The number of unbranched alkanes of at least 4 members (excludes halogenated alkanes) is 4. The molecule has 0 aromatic carbocycles. The van der Waals surface area contributed by atoms with Crippen molar-refractivity contribution in [2.45, 2.75) is 79.1 Å². The average molecular weight is 340 g/mol. The lowest BCUT2D eigenvalue weighted by Gasteiger charge is -2.28. The molecule has 18 heavy (non-hydrogen) atoms. The lowest BCUT2D eigenvalue weighted by atomic mass is 10.4. The molecule has 0 aliphatic heterocycles. The lowest BCUT2D eigenvalue weighted by Crippen LogP contribution is -2.12. The minimum Gasteiger partial charge on any atom is -0.114 e. The average Bonchev–Trinajstić information content (AvgIpc) is 2.37. The molecular weight excluding hydrogens is 303 g/mol. The molecule has 0 amide bonds. The number of hydrogen-bond donors (Lipinski definition) is 0. The zero-order valence-electron chi connectivity index (χ0n) is 13.3. The Balaban J connectivity index is 0. The zero-order chi connectivity index (χ0) is 13.0. The topological polar surface area (TPSA) is 0 Å². The highest BCUT2D eigenvalue weighted by Crippen LogP contribution is 2.61. The summed E-state index contributed by atoms with van der Waals surface area (Å²) >= 11 is 0. The molecule has 0 bridgehead atoms. The highest BCUT2D eigenvalue weighted by Gasteiger charge is 2.34. The van der Waals surface area contributed by atoms with Crippen LogP contribution in [0.3, 0.4) is 0 Å². The summed E-state index contributed by atoms with van der Waals surface area (Å²) in [6.07, 6.45) is 17.9. The van der Waals surface area contributed by atoms with Crippen LogP contribution in [0.1, 0.15) is 79.1 Å². The molecule has 0 aliphatic rings. The second-order valence-corrected chi connectivity index (χ2v) is 10.1. The van der Waals surface area contributed by atoms with E-state index in [2.05, 4.69) is 27.7 Å². The summed E-state index contributed by atoms with van der Waals surface area (Å²) < 4.78 is 0. The van der Waals surface area contributed by atoms with Crippen LogP contribution in [0.5, 0.6) is 0 Å². The second-order valence-electron chi connectivity index (χ2n) is 5.65. The van der Waals surface area contributed by atoms with E-state index in [0.717, 1.165) is 0 Å². The SMILES string of the molecule is Br.CCCC[P+](CCCC)(CCCC)CCCC. The Morgan fingerprint density at radius 2 is 0.722 bits per heavy atom. The molecule has 0 N–H and O–H groups in total. The smallest absolute Gasteiger partial charge is 0.0594 e. The highest BCUT2D eigenvalue weighted by molar-refractivity contribution is 8.93. The third-order valence-corrected chi connectivity index (χ3v) is 9.00. The van der Waals surface area contributed by atoms with Crippen molar-refractivity contribution in [2.75, 3.05) is 24.6 Å². The van der Waals surface area contributed by atoms with Gasteiger partial charge in [-0.3, -0.25) is 0 Å². The van der Waals surface area contributed by atoms with Crippen LogP contribution < -0.4 is 0 Å². The van der Waals surface area contributed by atoms with Gasteiger partial charge in [0.1, 0.15) is 0 Å². The molecule has 0 atom stereocenters. The monoisotopic (exact) mass is 339 g/mol. The Hall–Kier alpha value is 0.910. The molecule has 112 valence electrons. The minimum absolute atomic E-state index is 0. The molecule has 0 rings (SSSR count). The van der Waals surface area contributed by atoms with Crippen molar-refractivity contribution in [3.63, 3.8) is 0 Å². The van der Waals surface area contributed by atoms with Crippen molar-refractivity contribution in [2.24, 2.45) is 0 Å². The molecular formula is C16H37BrP+. The van der Waals surface area contributed by atoms with Crippen molar-refractivity contribution in [1.82, 2.24) is 0 Å². The lowest BCUT2D eigenvalue weighted by molar-refractivity contribution is 0.814. The van der Waals surface area contributed by atoms with Gasteiger partial charge in [0.2, 0.25) is 0 Å². The van der Waals surface area contributed by atoms with Crippen molar-refractivity contribution in [1.29, 1.82) is 0 Å². The molecule has 0 aromatic heterocycles. The molecule has 0 nitrogen and oxygen atoms in total. The maximum absolute atomic E-state index is 2.36. The quantitative estimate of drug-likeness (QED) is 0.343. The molecule has 0 spiro atoms. The van der Waals surface area contributed by atoms with Crippen molar-refractivity contribution >= 4 is 24.2 Å². The van der Waals surface area contributed by atoms with Gasteiger partial charge in [-0.15, -0.1) is 17.0 Å². The predicted molar refractivity (Wildman–Crippen MR) is 96.3 cm³/mol. The maximum Gasteiger partial charge on any atom is 0.0594 e. The van der Waals surface area contributed by atoms with E-state index in [1.807, 2.05) is 0 Å². The summed E-state index contributed by atoms with van der Waals surface area (Å²) in [5.41, 5.74) is 0. The Bertz CT molecular complexity index is 122. The summed E-state index contributed by atoms with van der Waals surface area (Å²) in [4.78, 5) is 0. The van der Waals surface area contributed by atoms with Crippen LogP contribution in [0, 0.1) is 0 Å². The molecule has 0 heterocycles. The Morgan fingerprint density at radius 1 is 0.500 bits per heavy atom. The van der Waals surface area contributed by atoms with E-state index < -0.39 is 7.26 Å². The summed E-state index contributed by atoms with van der Waals surface area (Å²) in [7, 11) is -0.562. The summed E-state index contributed by atoms with van der Waals surface area (Å²) in [6.45, 7) is 9.42. The first-order valence-electron chi connectivity index (χ1n) is 8.09. The summed E-state index contributed by atoms with van der Waals surface area (Å²) in [5.74, 6) is 0. The molecule has 0 saturated carbocycles. The summed E-state index contributed by atoms with van der Waals surface area (Å²) in [6, 6.07) is 0. The van der Waals surface area contributed by atoms with Gasteiger partial charge >= 0.3 is 0 Å².